The molecule has 0 amide bonds. The van der Waals surface area contributed by atoms with Gasteiger partial charge in [0.2, 0.25) is 0 Å². The van der Waals surface area contributed by atoms with Crippen molar-refractivity contribution in [2.24, 2.45) is 17.3 Å². The summed E-state index contributed by atoms with van der Waals surface area (Å²) < 4.78 is 0. The maximum absolute atomic E-state index is 10.5. The monoisotopic (exact) mass is 284 g/mol. The van der Waals surface area contributed by atoms with Gasteiger partial charge in [0.1, 0.15) is 0 Å². The van der Waals surface area contributed by atoms with Gasteiger partial charge in [-0.3, -0.25) is 0 Å². The number of carboxylic acid groups (broad SMARTS) is 1. The Bertz CT molecular complexity index is 587. The van der Waals surface area contributed by atoms with E-state index >= 15 is 0 Å². The molecule has 0 saturated heterocycles. The van der Waals surface area contributed by atoms with Gasteiger partial charge in [-0.25, -0.2) is 4.79 Å². The molecule has 2 heteroatoms. The number of carbonyl (C=O) groups is 1. The van der Waals surface area contributed by atoms with E-state index in [1.807, 2.05) is 12.2 Å². The Hall–Kier alpha value is -1.83. The van der Waals surface area contributed by atoms with Crippen molar-refractivity contribution in [2.45, 2.75) is 34.1 Å². The molecule has 0 bridgehead atoms. The molecule has 1 fully saturated rings. The molecule has 0 aromatic rings. The van der Waals surface area contributed by atoms with Gasteiger partial charge in [-0.2, -0.15) is 0 Å². The lowest BCUT2D eigenvalue weighted by Crippen LogP contribution is -1.96. The van der Waals surface area contributed by atoms with Gasteiger partial charge in [0.05, 0.1) is 0 Å². The zero-order valence-corrected chi connectivity index (χ0v) is 13.3. The summed E-state index contributed by atoms with van der Waals surface area (Å²) in [6.45, 7) is 8.50. The van der Waals surface area contributed by atoms with Crippen LogP contribution < -0.4 is 0 Å². The van der Waals surface area contributed by atoms with Crippen LogP contribution in [0.4, 0.5) is 0 Å². The van der Waals surface area contributed by atoms with E-state index in [0.29, 0.717) is 11.3 Å². The quantitative estimate of drug-likeness (QED) is 0.588. The molecule has 0 heterocycles. The fraction of sp³-hybridized carbons (Fsp3) is 0.421. The SMILES string of the molecule is CC(=C/C=C/C(C)=C/C(=O)O)/C=C/C1=C[C@]2(C)C[C@@H]2[C@H]1C. The molecule has 0 spiro atoms. The molecule has 2 nitrogen and oxygen atoms in total. The summed E-state index contributed by atoms with van der Waals surface area (Å²) in [5.41, 5.74) is 3.81. The van der Waals surface area contributed by atoms with Crippen molar-refractivity contribution in [2.75, 3.05) is 0 Å². The number of fused-ring (bicyclic) bond motifs is 1. The topological polar surface area (TPSA) is 37.3 Å². The Labute approximate surface area is 127 Å². The standard InChI is InChI=1S/C19H24O2/c1-13(6-5-7-14(2)10-18(20)21)8-9-16-11-19(4)12-17(19)15(16)3/h5-11,15,17H,12H2,1-4H3,(H,20,21)/b7-5+,9-8+,13-6-,14-10+/t15-,17+,19+/m0/s1. The lowest BCUT2D eigenvalue weighted by Gasteiger charge is -2.06. The van der Waals surface area contributed by atoms with E-state index in [0.717, 1.165) is 17.1 Å². The van der Waals surface area contributed by atoms with E-state index in [1.165, 1.54) is 18.1 Å². The number of allylic oxidation sites excluding steroid dienone is 9. The number of hydrogen-bond donors (Lipinski definition) is 1. The zero-order valence-electron chi connectivity index (χ0n) is 13.3. The van der Waals surface area contributed by atoms with E-state index in [9.17, 15) is 4.79 Å². The lowest BCUT2D eigenvalue weighted by molar-refractivity contribution is -0.131. The van der Waals surface area contributed by atoms with Crippen LogP contribution in [0, 0.1) is 17.3 Å². The van der Waals surface area contributed by atoms with E-state index in [-0.39, 0.29) is 0 Å². The van der Waals surface area contributed by atoms with Gasteiger partial charge in [-0.1, -0.05) is 55.9 Å². The zero-order chi connectivity index (χ0) is 15.6. The molecule has 0 radical (unpaired) electrons. The second kappa shape index (κ2) is 5.88. The van der Waals surface area contributed by atoms with E-state index in [4.69, 9.17) is 5.11 Å². The number of hydrogen-bond acceptors (Lipinski definition) is 1. The second-order valence-electron chi connectivity index (χ2n) is 6.58. The van der Waals surface area contributed by atoms with Crippen molar-refractivity contribution in [1.82, 2.24) is 0 Å². The lowest BCUT2D eigenvalue weighted by atomic mass is 9.99. The molecule has 0 unspecified atom stereocenters. The van der Waals surface area contributed by atoms with E-state index in [1.54, 1.807) is 13.0 Å². The van der Waals surface area contributed by atoms with Crippen LogP contribution in [0.3, 0.4) is 0 Å². The first-order valence-corrected chi connectivity index (χ1v) is 7.49. The highest BCUT2D eigenvalue weighted by molar-refractivity contribution is 5.81. The van der Waals surface area contributed by atoms with Crippen molar-refractivity contribution < 1.29 is 9.90 Å². The Morgan fingerprint density at radius 3 is 2.62 bits per heavy atom. The van der Waals surface area contributed by atoms with Crippen molar-refractivity contribution >= 4 is 5.97 Å². The summed E-state index contributed by atoms with van der Waals surface area (Å²) in [6.07, 6.45) is 15.0. The van der Waals surface area contributed by atoms with Crippen LogP contribution in [0.1, 0.15) is 34.1 Å². The molecular formula is C19H24O2. The van der Waals surface area contributed by atoms with Crippen LogP contribution in [-0.2, 0) is 4.79 Å². The Kier molecular flexibility index (Phi) is 4.36. The van der Waals surface area contributed by atoms with Gasteiger partial charge in [0.15, 0.2) is 0 Å². The first kappa shape index (κ1) is 15.6. The Morgan fingerprint density at radius 1 is 1.33 bits per heavy atom. The second-order valence-corrected chi connectivity index (χ2v) is 6.58. The van der Waals surface area contributed by atoms with Crippen LogP contribution in [-0.4, -0.2) is 11.1 Å². The highest BCUT2D eigenvalue weighted by Crippen LogP contribution is 2.64. The summed E-state index contributed by atoms with van der Waals surface area (Å²) >= 11 is 0. The normalized spacial score (nSPS) is 32.7. The molecule has 2 rings (SSSR count). The van der Waals surface area contributed by atoms with Crippen LogP contribution in [0.25, 0.3) is 0 Å². The summed E-state index contributed by atoms with van der Waals surface area (Å²) in [5.74, 6) is 0.618. The van der Waals surface area contributed by atoms with Gasteiger partial charge in [-0.15, -0.1) is 0 Å². The van der Waals surface area contributed by atoms with Crippen molar-refractivity contribution in [3.63, 3.8) is 0 Å². The summed E-state index contributed by atoms with van der Waals surface area (Å²) in [7, 11) is 0. The average Bonchev–Trinajstić information content (AvgIpc) is 2.98. The molecule has 21 heavy (non-hydrogen) atoms. The van der Waals surface area contributed by atoms with E-state index in [2.05, 4.69) is 39.0 Å². The molecule has 0 aliphatic heterocycles. The minimum atomic E-state index is -0.910. The maximum Gasteiger partial charge on any atom is 0.328 e. The molecule has 1 N–H and O–H groups in total. The number of rotatable bonds is 5. The van der Waals surface area contributed by atoms with Crippen molar-refractivity contribution in [3.05, 3.63) is 59.3 Å². The average molecular weight is 284 g/mol. The molecule has 3 atom stereocenters. The predicted octanol–water partition coefficient (Wildman–Crippen LogP) is 4.68. The minimum Gasteiger partial charge on any atom is -0.478 e. The largest absolute Gasteiger partial charge is 0.478 e. The first-order valence-electron chi connectivity index (χ1n) is 7.49. The third-order valence-electron chi connectivity index (χ3n) is 4.58. The van der Waals surface area contributed by atoms with Crippen LogP contribution in [0.15, 0.2) is 59.3 Å². The summed E-state index contributed by atoms with van der Waals surface area (Å²) in [5, 5.41) is 8.63. The molecular weight excluding hydrogens is 260 g/mol. The van der Waals surface area contributed by atoms with Gasteiger partial charge < -0.3 is 5.11 Å². The van der Waals surface area contributed by atoms with Gasteiger partial charge >= 0.3 is 5.97 Å². The predicted molar refractivity (Wildman–Crippen MR) is 86.9 cm³/mol. The first-order chi connectivity index (χ1) is 9.82. The number of aliphatic carboxylic acids is 1. The molecule has 2 aliphatic rings. The summed E-state index contributed by atoms with van der Waals surface area (Å²) in [4.78, 5) is 10.5. The maximum atomic E-state index is 10.5. The fourth-order valence-electron chi connectivity index (χ4n) is 3.15. The number of carboxylic acids is 1. The van der Waals surface area contributed by atoms with Gasteiger partial charge in [0, 0.05) is 6.08 Å². The Morgan fingerprint density at radius 2 is 2.05 bits per heavy atom. The molecule has 2 aliphatic carbocycles. The van der Waals surface area contributed by atoms with Crippen molar-refractivity contribution in [1.29, 1.82) is 0 Å². The highest BCUT2D eigenvalue weighted by atomic mass is 16.4. The third kappa shape index (κ3) is 3.84. The summed E-state index contributed by atoms with van der Waals surface area (Å²) in [6, 6.07) is 0. The smallest absolute Gasteiger partial charge is 0.328 e. The van der Waals surface area contributed by atoms with Gasteiger partial charge in [0.25, 0.3) is 0 Å². The van der Waals surface area contributed by atoms with E-state index < -0.39 is 5.97 Å². The van der Waals surface area contributed by atoms with Crippen LogP contribution in [0.5, 0.6) is 0 Å². The third-order valence-corrected chi connectivity index (χ3v) is 4.58. The fourth-order valence-corrected chi connectivity index (χ4v) is 3.15. The Balaban J connectivity index is 1.94. The van der Waals surface area contributed by atoms with Crippen molar-refractivity contribution in [3.8, 4) is 0 Å². The molecule has 112 valence electrons. The molecule has 1 saturated carbocycles. The molecule has 0 aromatic carbocycles. The van der Waals surface area contributed by atoms with Crippen LogP contribution >= 0.6 is 0 Å². The molecule has 0 aromatic heterocycles. The van der Waals surface area contributed by atoms with Gasteiger partial charge in [-0.05, 0) is 48.7 Å². The van der Waals surface area contributed by atoms with Crippen LogP contribution in [0.2, 0.25) is 0 Å². The highest BCUT2D eigenvalue weighted by Gasteiger charge is 2.55. The minimum absolute atomic E-state index is 0.468.